The van der Waals surface area contributed by atoms with Crippen LogP contribution in [0.5, 0.6) is 5.75 Å². The van der Waals surface area contributed by atoms with Gasteiger partial charge >= 0.3 is 6.15 Å². The monoisotopic (exact) mass is 407 g/mol. The zero-order valence-electron chi connectivity index (χ0n) is 17.3. The smallest absolute Gasteiger partial charge is 0.373 e. The number of nitrogens with zero attached hydrogens (tertiary/aromatic N) is 1. The van der Waals surface area contributed by atoms with Gasteiger partial charge in [-0.25, -0.2) is 0 Å². The Hall–Kier alpha value is -3.70. The number of anilines is 1. The SMILES string of the molecule is CCC(COc1cccc2nc(C)cc(N)c12)NC(=O)c1cccc(C)c1.O=C=O. The van der Waals surface area contributed by atoms with Crippen LogP contribution in [0, 0.1) is 13.8 Å². The molecule has 3 N–H and O–H groups in total. The number of fused-ring (bicyclic) bond motifs is 1. The van der Waals surface area contributed by atoms with Crippen molar-refractivity contribution in [3.8, 4) is 5.75 Å². The van der Waals surface area contributed by atoms with E-state index in [4.69, 9.17) is 20.1 Å². The molecule has 2 aromatic carbocycles. The first kappa shape index (κ1) is 22.6. The lowest BCUT2D eigenvalue weighted by atomic mass is 10.1. The Bertz CT molecular complexity index is 1060. The van der Waals surface area contributed by atoms with Gasteiger partial charge in [0.2, 0.25) is 0 Å². The molecule has 1 unspecified atom stereocenters. The number of benzene rings is 2. The molecule has 0 fully saturated rings. The summed E-state index contributed by atoms with van der Waals surface area (Å²) in [4.78, 5) is 33.2. The van der Waals surface area contributed by atoms with E-state index in [0.29, 0.717) is 23.6 Å². The van der Waals surface area contributed by atoms with E-state index in [1.165, 1.54) is 0 Å². The Morgan fingerprint density at radius 1 is 1.17 bits per heavy atom. The predicted molar refractivity (Wildman–Crippen MR) is 114 cm³/mol. The lowest BCUT2D eigenvalue weighted by Gasteiger charge is -2.19. The third-order valence-corrected chi connectivity index (χ3v) is 4.50. The lowest BCUT2D eigenvalue weighted by Crippen LogP contribution is -2.38. The second-order valence-corrected chi connectivity index (χ2v) is 6.85. The van der Waals surface area contributed by atoms with Crippen LogP contribution in [0.4, 0.5) is 5.69 Å². The first-order valence-electron chi connectivity index (χ1n) is 9.55. The highest BCUT2D eigenvalue weighted by atomic mass is 16.5. The van der Waals surface area contributed by atoms with Crippen LogP contribution in [0.1, 0.15) is 35.0 Å². The Labute approximate surface area is 175 Å². The first-order chi connectivity index (χ1) is 14.4. The van der Waals surface area contributed by atoms with Crippen molar-refractivity contribution in [3.63, 3.8) is 0 Å². The van der Waals surface area contributed by atoms with Crippen LogP contribution in [0.15, 0.2) is 48.5 Å². The highest BCUT2D eigenvalue weighted by molar-refractivity contribution is 5.96. The second kappa shape index (κ2) is 10.7. The standard InChI is InChI=1S/C22H25N3O2.CO2/c1-4-17(25-22(26)16-8-5-7-14(2)11-16)13-27-20-10-6-9-19-21(20)18(23)12-15(3)24-19;2-1-3/h5-12,17H,4,13H2,1-3H3,(H2,23,24)(H,25,26);. The predicted octanol–water partition coefficient (Wildman–Crippen LogP) is 3.44. The van der Waals surface area contributed by atoms with Crippen molar-refractivity contribution < 1.29 is 19.1 Å². The number of nitrogens with two attached hydrogens (primary N) is 1. The van der Waals surface area contributed by atoms with Gasteiger partial charge in [-0.3, -0.25) is 9.78 Å². The molecule has 1 atom stereocenters. The summed E-state index contributed by atoms with van der Waals surface area (Å²) in [6.07, 6.45) is 1.01. The number of nitrogen functional groups attached to an aromatic ring is 1. The van der Waals surface area contributed by atoms with Crippen LogP contribution >= 0.6 is 0 Å². The number of amides is 1. The normalized spacial score (nSPS) is 11.0. The van der Waals surface area contributed by atoms with E-state index in [1.54, 1.807) is 0 Å². The number of rotatable bonds is 6. The van der Waals surface area contributed by atoms with Gasteiger partial charge in [-0.1, -0.05) is 30.7 Å². The minimum atomic E-state index is -0.104. The molecule has 7 heteroatoms. The molecule has 1 amide bonds. The quantitative estimate of drug-likeness (QED) is 0.647. The summed E-state index contributed by atoms with van der Waals surface area (Å²) >= 11 is 0. The topological polar surface area (TPSA) is 111 Å². The summed E-state index contributed by atoms with van der Waals surface area (Å²) in [5.74, 6) is 0.588. The molecule has 3 rings (SSSR count). The van der Waals surface area contributed by atoms with Gasteiger partial charge in [0.15, 0.2) is 0 Å². The van der Waals surface area contributed by atoms with Crippen molar-refractivity contribution in [2.45, 2.75) is 33.2 Å². The number of aryl methyl sites for hydroxylation is 2. The maximum Gasteiger partial charge on any atom is 0.373 e. The van der Waals surface area contributed by atoms with Gasteiger partial charge in [-0.15, -0.1) is 0 Å². The van der Waals surface area contributed by atoms with Gasteiger partial charge in [0.1, 0.15) is 12.4 Å². The Kier molecular flexibility index (Phi) is 8.08. The number of carbonyl (C=O) groups is 1. The Morgan fingerprint density at radius 3 is 2.53 bits per heavy atom. The first-order valence-corrected chi connectivity index (χ1v) is 9.55. The lowest BCUT2D eigenvalue weighted by molar-refractivity contribution is -0.191. The van der Waals surface area contributed by atoms with Crippen molar-refractivity contribution >= 4 is 28.6 Å². The molecule has 0 aliphatic carbocycles. The summed E-state index contributed by atoms with van der Waals surface area (Å²) in [5, 5.41) is 3.85. The van der Waals surface area contributed by atoms with Gasteiger partial charge in [0.25, 0.3) is 5.91 Å². The Morgan fingerprint density at radius 2 is 1.87 bits per heavy atom. The maximum atomic E-state index is 12.5. The van der Waals surface area contributed by atoms with Crippen molar-refractivity contribution in [2.75, 3.05) is 12.3 Å². The van der Waals surface area contributed by atoms with Crippen LogP contribution in [0.2, 0.25) is 0 Å². The molecule has 0 radical (unpaired) electrons. The average molecular weight is 407 g/mol. The van der Waals surface area contributed by atoms with Gasteiger partial charge in [-0.2, -0.15) is 9.59 Å². The summed E-state index contributed by atoms with van der Waals surface area (Å²) in [5.41, 5.74) is 10.2. The molecule has 7 nitrogen and oxygen atoms in total. The van der Waals surface area contributed by atoms with E-state index >= 15 is 0 Å². The third kappa shape index (κ3) is 5.90. The fraction of sp³-hybridized carbons (Fsp3) is 0.261. The third-order valence-electron chi connectivity index (χ3n) is 4.50. The number of pyridine rings is 1. The zero-order chi connectivity index (χ0) is 22.1. The van der Waals surface area contributed by atoms with Gasteiger partial charge in [-0.05, 0) is 50.6 Å². The average Bonchev–Trinajstić information content (AvgIpc) is 2.71. The zero-order valence-corrected chi connectivity index (χ0v) is 17.3. The molecule has 156 valence electrons. The van der Waals surface area contributed by atoms with E-state index < -0.39 is 0 Å². The minimum absolute atomic E-state index is 0.0936. The van der Waals surface area contributed by atoms with Gasteiger partial charge in [0.05, 0.1) is 16.9 Å². The summed E-state index contributed by atoms with van der Waals surface area (Å²) in [6.45, 7) is 6.27. The number of aromatic nitrogens is 1. The number of hydrogen-bond acceptors (Lipinski definition) is 6. The second-order valence-electron chi connectivity index (χ2n) is 6.85. The molecule has 30 heavy (non-hydrogen) atoms. The maximum absolute atomic E-state index is 12.5. The number of carbonyl (C=O) groups excluding carboxylic acids is 3. The van der Waals surface area contributed by atoms with Crippen molar-refractivity contribution in [1.29, 1.82) is 0 Å². The number of nitrogens with one attached hydrogen (secondary N) is 1. The fourth-order valence-corrected chi connectivity index (χ4v) is 3.05. The molecule has 1 aromatic heterocycles. The van der Waals surface area contributed by atoms with Crippen molar-refractivity contribution in [3.05, 3.63) is 65.4 Å². The van der Waals surface area contributed by atoms with Crippen LogP contribution in [-0.2, 0) is 9.59 Å². The number of hydrogen-bond donors (Lipinski definition) is 2. The highest BCUT2D eigenvalue weighted by Crippen LogP contribution is 2.30. The van der Waals surface area contributed by atoms with E-state index in [0.717, 1.165) is 28.6 Å². The molecule has 0 bridgehead atoms. The molecule has 3 aromatic rings. The summed E-state index contributed by atoms with van der Waals surface area (Å²) in [7, 11) is 0. The van der Waals surface area contributed by atoms with E-state index in [1.807, 2.05) is 69.3 Å². The molecule has 0 spiro atoms. The van der Waals surface area contributed by atoms with Crippen LogP contribution in [-0.4, -0.2) is 29.7 Å². The largest absolute Gasteiger partial charge is 0.491 e. The molecule has 0 saturated heterocycles. The van der Waals surface area contributed by atoms with Crippen LogP contribution < -0.4 is 15.8 Å². The van der Waals surface area contributed by atoms with Gasteiger partial charge in [0, 0.05) is 16.9 Å². The summed E-state index contributed by atoms with van der Waals surface area (Å²) in [6, 6.07) is 15.0. The van der Waals surface area contributed by atoms with Crippen LogP contribution in [0.3, 0.4) is 0 Å². The highest BCUT2D eigenvalue weighted by Gasteiger charge is 2.15. The number of ether oxygens (including phenoxy) is 1. The minimum Gasteiger partial charge on any atom is -0.491 e. The summed E-state index contributed by atoms with van der Waals surface area (Å²) < 4.78 is 6.02. The van der Waals surface area contributed by atoms with Crippen molar-refractivity contribution in [1.82, 2.24) is 10.3 Å². The molecule has 1 heterocycles. The van der Waals surface area contributed by atoms with E-state index in [2.05, 4.69) is 10.3 Å². The van der Waals surface area contributed by atoms with Gasteiger partial charge < -0.3 is 15.8 Å². The molecule has 0 aliphatic rings. The Balaban J connectivity index is 0.00000101. The van der Waals surface area contributed by atoms with E-state index in [-0.39, 0.29) is 18.1 Å². The van der Waals surface area contributed by atoms with Crippen LogP contribution in [0.25, 0.3) is 10.9 Å². The molecular formula is C23H25N3O4. The van der Waals surface area contributed by atoms with Crippen molar-refractivity contribution in [2.24, 2.45) is 0 Å². The molecule has 0 saturated carbocycles. The fourth-order valence-electron chi connectivity index (χ4n) is 3.05. The van der Waals surface area contributed by atoms with E-state index in [9.17, 15) is 4.79 Å². The molecule has 0 aliphatic heterocycles. The molecular weight excluding hydrogens is 382 g/mol.